The summed E-state index contributed by atoms with van der Waals surface area (Å²) in [5, 5.41) is 8.84. The highest BCUT2D eigenvalue weighted by molar-refractivity contribution is 6.39. The highest BCUT2D eigenvalue weighted by atomic mass is 16.5. The maximum Gasteiger partial charge on any atom is 0.377 e. The van der Waals surface area contributed by atoms with Crippen molar-refractivity contribution in [2.24, 2.45) is 0 Å². The Bertz CT molecular complexity index is 1080. The number of ketones is 1. The molecular formula is C31H38O4. The van der Waals surface area contributed by atoms with Crippen molar-refractivity contribution in [2.45, 2.75) is 72.8 Å². The van der Waals surface area contributed by atoms with E-state index in [2.05, 4.69) is 82.3 Å². The second-order valence-corrected chi connectivity index (χ2v) is 9.13. The van der Waals surface area contributed by atoms with E-state index in [1.807, 2.05) is 13.8 Å². The summed E-state index contributed by atoms with van der Waals surface area (Å²) in [6, 6.07) is 22.1. The lowest BCUT2D eigenvalue weighted by Gasteiger charge is -2.14. The minimum absolute atomic E-state index is 0.174. The highest BCUT2D eigenvalue weighted by Crippen LogP contribution is 2.26. The number of Topliss-reactive ketones (excluding diaryl/α,β-unsaturated/α-hetero) is 1. The molecule has 0 heterocycles. The average molecular weight is 475 g/mol. The molecule has 2 unspecified atom stereocenters. The molecule has 0 fully saturated rings. The smallest absolute Gasteiger partial charge is 0.377 e. The van der Waals surface area contributed by atoms with Crippen LogP contribution in [-0.2, 0) is 11.4 Å². The Morgan fingerprint density at radius 3 is 1.74 bits per heavy atom. The van der Waals surface area contributed by atoms with Crippen LogP contribution in [0.15, 0.2) is 66.7 Å². The van der Waals surface area contributed by atoms with E-state index in [-0.39, 0.29) is 5.56 Å². The molecule has 0 bridgehead atoms. The van der Waals surface area contributed by atoms with Crippen LogP contribution in [0.5, 0.6) is 5.75 Å². The predicted molar refractivity (Wildman–Crippen MR) is 143 cm³/mol. The molecule has 0 saturated heterocycles. The molecule has 35 heavy (non-hydrogen) atoms. The fraction of sp³-hybridized carbons (Fsp3) is 0.355. The number of aliphatic carboxylic acids is 1. The normalized spacial score (nSPS) is 12.2. The molecule has 0 aromatic heterocycles. The van der Waals surface area contributed by atoms with Gasteiger partial charge in [-0.15, -0.1) is 0 Å². The minimum atomic E-state index is -1.45. The predicted octanol–water partition coefficient (Wildman–Crippen LogP) is 7.86. The molecule has 0 radical (unpaired) electrons. The molecule has 186 valence electrons. The maximum atomic E-state index is 11.6. The molecule has 3 aromatic rings. The van der Waals surface area contributed by atoms with Crippen molar-refractivity contribution in [3.8, 4) is 5.75 Å². The van der Waals surface area contributed by atoms with Crippen molar-refractivity contribution < 1.29 is 19.4 Å². The van der Waals surface area contributed by atoms with Crippen LogP contribution in [-0.4, -0.2) is 16.9 Å². The van der Waals surface area contributed by atoms with Crippen LogP contribution in [0.2, 0.25) is 0 Å². The zero-order valence-electron chi connectivity index (χ0n) is 21.8. The van der Waals surface area contributed by atoms with Crippen LogP contribution in [0.25, 0.3) is 0 Å². The van der Waals surface area contributed by atoms with Gasteiger partial charge >= 0.3 is 5.97 Å². The summed E-state index contributed by atoms with van der Waals surface area (Å²) in [4.78, 5) is 22.4. The van der Waals surface area contributed by atoms with E-state index >= 15 is 0 Å². The number of carboxylic acid groups (broad SMARTS) is 1. The number of carbonyl (C=O) groups is 2. The first-order valence-corrected chi connectivity index (χ1v) is 12.3. The number of hydrogen-bond acceptors (Lipinski definition) is 3. The summed E-state index contributed by atoms with van der Waals surface area (Å²) in [7, 11) is 0. The van der Waals surface area contributed by atoms with Gasteiger partial charge in [0.2, 0.25) is 0 Å². The molecule has 1 N–H and O–H groups in total. The van der Waals surface area contributed by atoms with Crippen LogP contribution >= 0.6 is 0 Å². The molecule has 3 rings (SSSR count). The molecule has 4 heteroatoms. The topological polar surface area (TPSA) is 63.6 Å². The molecule has 0 spiro atoms. The Morgan fingerprint density at radius 2 is 1.29 bits per heavy atom. The number of ether oxygens (including phenoxy) is 1. The summed E-state index contributed by atoms with van der Waals surface area (Å²) in [6.45, 7) is 12.9. The SMILES string of the molecule is CCC(C)c1ccc(COc2c(C)cc(C(=O)C(=O)O)cc2C)cc1.CCC(C)c1ccccc1. The van der Waals surface area contributed by atoms with Gasteiger partial charge in [0.1, 0.15) is 12.4 Å². The summed E-state index contributed by atoms with van der Waals surface area (Å²) in [5.41, 5.74) is 5.51. The number of benzene rings is 3. The van der Waals surface area contributed by atoms with Gasteiger partial charge in [-0.3, -0.25) is 4.79 Å². The molecular weight excluding hydrogens is 436 g/mol. The Balaban J connectivity index is 0.000000360. The van der Waals surface area contributed by atoms with Crippen LogP contribution in [0.4, 0.5) is 0 Å². The standard InChI is InChI=1S/C21H24O4.C10H14/c1-5-13(2)17-8-6-16(7-9-17)12-25-20-14(3)10-18(11-15(20)4)19(22)21(23)24;1-3-9(2)10-7-5-4-6-8-10/h6-11,13H,5,12H2,1-4H3,(H,23,24);4-9H,3H2,1-2H3. The number of aryl methyl sites for hydroxylation is 2. The largest absolute Gasteiger partial charge is 0.488 e. The molecule has 0 saturated carbocycles. The summed E-state index contributed by atoms with van der Waals surface area (Å²) < 4.78 is 5.92. The van der Waals surface area contributed by atoms with Gasteiger partial charge in [-0.1, -0.05) is 82.3 Å². The molecule has 0 aliphatic carbocycles. The second-order valence-electron chi connectivity index (χ2n) is 9.13. The molecule has 0 aliphatic heterocycles. The average Bonchev–Trinajstić information content (AvgIpc) is 2.87. The van der Waals surface area contributed by atoms with Crippen molar-refractivity contribution in [3.63, 3.8) is 0 Å². The van der Waals surface area contributed by atoms with Gasteiger partial charge in [-0.25, -0.2) is 4.79 Å². The number of carbonyl (C=O) groups excluding carboxylic acids is 1. The van der Waals surface area contributed by atoms with Gasteiger partial charge in [0.15, 0.2) is 0 Å². The van der Waals surface area contributed by atoms with Gasteiger partial charge in [-0.05, 0) is 78.5 Å². The lowest BCUT2D eigenvalue weighted by atomic mass is 9.98. The van der Waals surface area contributed by atoms with Crippen LogP contribution in [0, 0.1) is 13.8 Å². The Hall–Kier alpha value is -3.40. The van der Waals surface area contributed by atoms with Gasteiger partial charge in [0.05, 0.1) is 0 Å². The van der Waals surface area contributed by atoms with E-state index in [0.29, 0.717) is 24.2 Å². The van der Waals surface area contributed by atoms with E-state index in [9.17, 15) is 9.59 Å². The number of hydrogen-bond donors (Lipinski definition) is 1. The molecule has 3 aromatic carbocycles. The van der Waals surface area contributed by atoms with Gasteiger partial charge in [0, 0.05) is 5.56 Å². The second kappa shape index (κ2) is 13.5. The minimum Gasteiger partial charge on any atom is -0.488 e. The first-order valence-electron chi connectivity index (χ1n) is 12.3. The van der Waals surface area contributed by atoms with Crippen molar-refractivity contribution in [3.05, 3.63) is 100 Å². The molecule has 2 atom stereocenters. The lowest BCUT2D eigenvalue weighted by Crippen LogP contribution is -2.13. The van der Waals surface area contributed by atoms with E-state index in [4.69, 9.17) is 9.84 Å². The quantitative estimate of drug-likeness (QED) is 0.253. The van der Waals surface area contributed by atoms with Crippen LogP contribution in [0.3, 0.4) is 0 Å². The van der Waals surface area contributed by atoms with Crippen LogP contribution < -0.4 is 4.74 Å². The Kier molecular flexibility index (Phi) is 10.7. The Morgan fingerprint density at radius 1 is 0.800 bits per heavy atom. The summed E-state index contributed by atoms with van der Waals surface area (Å²) in [5.74, 6) is -0.417. The van der Waals surface area contributed by atoms with Gasteiger partial charge < -0.3 is 9.84 Å². The zero-order chi connectivity index (χ0) is 26.0. The lowest BCUT2D eigenvalue weighted by molar-refractivity contribution is -0.131. The molecule has 0 amide bonds. The maximum absolute atomic E-state index is 11.6. The molecule has 0 aliphatic rings. The van der Waals surface area contributed by atoms with Crippen molar-refractivity contribution in [1.29, 1.82) is 0 Å². The summed E-state index contributed by atoms with van der Waals surface area (Å²) >= 11 is 0. The van der Waals surface area contributed by atoms with Crippen molar-refractivity contribution in [1.82, 2.24) is 0 Å². The molecule has 4 nitrogen and oxygen atoms in total. The van der Waals surface area contributed by atoms with Gasteiger partial charge in [0.25, 0.3) is 5.78 Å². The van der Waals surface area contributed by atoms with E-state index in [1.165, 1.54) is 17.5 Å². The first kappa shape index (κ1) is 27.8. The number of rotatable bonds is 9. The number of carboxylic acids is 1. The fourth-order valence-corrected chi connectivity index (χ4v) is 3.78. The third-order valence-corrected chi connectivity index (χ3v) is 6.44. The monoisotopic (exact) mass is 474 g/mol. The van der Waals surface area contributed by atoms with Crippen molar-refractivity contribution >= 4 is 11.8 Å². The Labute approximate surface area is 210 Å². The van der Waals surface area contributed by atoms with Gasteiger partial charge in [-0.2, -0.15) is 0 Å². The zero-order valence-corrected chi connectivity index (χ0v) is 21.8. The van der Waals surface area contributed by atoms with Crippen LogP contribution in [0.1, 0.15) is 90.5 Å². The third kappa shape index (κ3) is 8.10. The fourth-order valence-electron chi connectivity index (χ4n) is 3.78. The van der Waals surface area contributed by atoms with E-state index < -0.39 is 11.8 Å². The van der Waals surface area contributed by atoms with E-state index in [1.54, 1.807) is 12.1 Å². The summed E-state index contributed by atoms with van der Waals surface area (Å²) in [6.07, 6.45) is 2.33. The van der Waals surface area contributed by atoms with E-state index in [0.717, 1.165) is 23.1 Å². The van der Waals surface area contributed by atoms with Crippen molar-refractivity contribution in [2.75, 3.05) is 0 Å². The first-order chi connectivity index (χ1) is 16.7. The highest BCUT2D eigenvalue weighted by Gasteiger charge is 2.17. The third-order valence-electron chi connectivity index (χ3n) is 6.44.